The summed E-state index contributed by atoms with van der Waals surface area (Å²) in [5.41, 5.74) is 6.47. The molecule has 0 radical (unpaired) electrons. The summed E-state index contributed by atoms with van der Waals surface area (Å²) in [6.45, 7) is 5.28. The van der Waals surface area contributed by atoms with Gasteiger partial charge in [-0.15, -0.1) is 0 Å². The summed E-state index contributed by atoms with van der Waals surface area (Å²) >= 11 is 6.59. The number of carbonyl (C=O) groups is 1. The number of fused-ring (bicyclic) bond motifs is 2. The molecule has 0 bridgehead atoms. The van der Waals surface area contributed by atoms with Crippen molar-refractivity contribution in [3.8, 4) is 0 Å². The molecule has 0 saturated heterocycles. The SMILES string of the molecule is Cc1cc(C)cc(CNc2nc(Cl)c3n(c2=O)[C@H](C(=O)N(Cc2ccccc2)Cc2cc4cnccc4[nH]2)CC3)c1. The second kappa shape index (κ2) is 11.2. The van der Waals surface area contributed by atoms with Gasteiger partial charge in [-0.25, -0.2) is 4.98 Å². The quantitative estimate of drug-likeness (QED) is 0.250. The van der Waals surface area contributed by atoms with E-state index >= 15 is 0 Å². The first kappa shape index (κ1) is 26.8. The van der Waals surface area contributed by atoms with Gasteiger partial charge in [0.05, 0.1) is 12.2 Å². The Kier molecular flexibility index (Phi) is 7.32. The van der Waals surface area contributed by atoms with E-state index in [9.17, 15) is 9.59 Å². The second-order valence-electron chi connectivity index (χ2n) is 10.7. The standard InChI is InChI=1S/C32H31ClN6O2/c1-20-12-21(2)14-23(13-20)16-35-30-32(41)39-27(29(33)37-30)8-9-28(39)31(40)38(18-22-6-4-3-5-7-22)19-25-15-24-17-34-11-10-26(24)36-25/h3-7,10-15,17,28,36H,8-9,16,18-19H2,1-2H3,(H,35,37)/t28-/m0/s1. The summed E-state index contributed by atoms with van der Waals surface area (Å²) < 4.78 is 1.55. The Labute approximate surface area is 243 Å². The maximum Gasteiger partial charge on any atom is 0.294 e. The van der Waals surface area contributed by atoms with Crippen molar-refractivity contribution in [2.45, 2.75) is 52.4 Å². The molecule has 3 aromatic heterocycles. The zero-order valence-electron chi connectivity index (χ0n) is 23.0. The number of halogens is 1. The van der Waals surface area contributed by atoms with E-state index in [0.29, 0.717) is 38.2 Å². The highest BCUT2D eigenvalue weighted by Crippen LogP contribution is 2.31. The number of H-pyrrole nitrogens is 1. The molecule has 8 nitrogen and oxygen atoms in total. The minimum absolute atomic E-state index is 0.131. The van der Waals surface area contributed by atoms with Crippen molar-refractivity contribution in [3.05, 3.63) is 122 Å². The molecule has 1 amide bonds. The van der Waals surface area contributed by atoms with Gasteiger partial charge >= 0.3 is 0 Å². The van der Waals surface area contributed by atoms with Crippen LogP contribution >= 0.6 is 11.6 Å². The highest BCUT2D eigenvalue weighted by atomic mass is 35.5. The first-order valence-electron chi connectivity index (χ1n) is 13.7. The minimum atomic E-state index is -0.672. The summed E-state index contributed by atoms with van der Waals surface area (Å²) in [6.07, 6.45) is 4.53. The number of aromatic nitrogens is 4. The third-order valence-electron chi connectivity index (χ3n) is 7.52. The van der Waals surface area contributed by atoms with Crippen LogP contribution in [0.1, 0.15) is 46.1 Å². The highest BCUT2D eigenvalue weighted by Gasteiger charge is 2.35. The number of pyridine rings is 1. The summed E-state index contributed by atoms with van der Waals surface area (Å²) in [5, 5.41) is 4.40. The molecule has 1 atom stereocenters. The molecule has 6 rings (SSSR count). The van der Waals surface area contributed by atoms with Crippen LogP contribution < -0.4 is 10.9 Å². The molecule has 0 spiro atoms. The number of aryl methyl sites for hydroxylation is 2. The Bertz CT molecular complexity index is 1740. The number of amides is 1. The maximum absolute atomic E-state index is 14.2. The normalized spacial score (nSPS) is 14.3. The predicted octanol–water partition coefficient (Wildman–Crippen LogP) is 5.72. The van der Waals surface area contributed by atoms with Gasteiger partial charge in [-0.3, -0.25) is 19.1 Å². The van der Waals surface area contributed by atoms with Gasteiger partial charge in [-0.05, 0) is 49.9 Å². The van der Waals surface area contributed by atoms with Crippen LogP contribution in [0.15, 0.2) is 77.9 Å². The maximum atomic E-state index is 14.2. The van der Waals surface area contributed by atoms with Crippen LogP contribution in [-0.2, 0) is 30.8 Å². The van der Waals surface area contributed by atoms with Gasteiger partial charge in [0.25, 0.3) is 5.56 Å². The fourth-order valence-electron chi connectivity index (χ4n) is 5.76. The van der Waals surface area contributed by atoms with Gasteiger partial charge < -0.3 is 15.2 Å². The summed E-state index contributed by atoms with van der Waals surface area (Å²) in [6, 6.07) is 19.4. The van der Waals surface area contributed by atoms with E-state index in [1.165, 1.54) is 0 Å². The molecule has 4 heterocycles. The lowest BCUT2D eigenvalue weighted by molar-refractivity contribution is -0.136. The smallest absolute Gasteiger partial charge is 0.294 e. The van der Waals surface area contributed by atoms with Crippen molar-refractivity contribution in [1.82, 2.24) is 24.4 Å². The molecule has 5 aromatic rings. The molecule has 0 aliphatic carbocycles. The lowest BCUT2D eigenvalue weighted by Crippen LogP contribution is -2.39. The Morgan fingerprint density at radius 2 is 1.85 bits per heavy atom. The van der Waals surface area contributed by atoms with Gasteiger partial charge in [-0.2, -0.15) is 0 Å². The molecule has 0 unspecified atom stereocenters. The van der Waals surface area contributed by atoms with Crippen LogP contribution in [0.3, 0.4) is 0 Å². The average Bonchev–Trinajstić information content (AvgIpc) is 3.58. The Morgan fingerprint density at radius 3 is 2.61 bits per heavy atom. The number of nitrogens with zero attached hydrogens (tertiary/aromatic N) is 4. The van der Waals surface area contributed by atoms with Crippen LogP contribution in [0.4, 0.5) is 5.82 Å². The Balaban J connectivity index is 1.31. The van der Waals surface area contributed by atoms with E-state index in [1.807, 2.05) is 56.3 Å². The average molecular weight is 567 g/mol. The third-order valence-corrected chi connectivity index (χ3v) is 7.82. The number of hydrogen-bond donors (Lipinski definition) is 2. The molecule has 2 aromatic carbocycles. The number of anilines is 1. The molecule has 0 saturated carbocycles. The highest BCUT2D eigenvalue weighted by molar-refractivity contribution is 6.30. The molecule has 41 heavy (non-hydrogen) atoms. The van der Waals surface area contributed by atoms with Crippen molar-refractivity contribution in [3.63, 3.8) is 0 Å². The zero-order chi connectivity index (χ0) is 28.5. The van der Waals surface area contributed by atoms with E-state index in [1.54, 1.807) is 21.9 Å². The number of hydrogen-bond acceptors (Lipinski definition) is 5. The van der Waals surface area contributed by atoms with Crippen LogP contribution in [0, 0.1) is 13.8 Å². The molecular formula is C32H31ClN6O2. The number of carbonyl (C=O) groups excluding carboxylic acids is 1. The van der Waals surface area contributed by atoms with Crippen molar-refractivity contribution >= 4 is 34.2 Å². The zero-order valence-corrected chi connectivity index (χ0v) is 23.8. The number of benzene rings is 2. The molecular weight excluding hydrogens is 536 g/mol. The molecule has 9 heteroatoms. The second-order valence-corrected chi connectivity index (χ2v) is 11.1. The van der Waals surface area contributed by atoms with Crippen LogP contribution in [0.2, 0.25) is 5.15 Å². The van der Waals surface area contributed by atoms with E-state index in [2.05, 4.69) is 38.5 Å². The van der Waals surface area contributed by atoms with Crippen LogP contribution in [-0.4, -0.2) is 30.3 Å². The summed E-state index contributed by atoms with van der Waals surface area (Å²) in [4.78, 5) is 41.7. The molecule has 2 N–H and O–H groups in total. The molecule has 1 aliphatic rings. The number of aromatic amines is 1. The largest absolute Gasteiger partial charge is 0.361 e. The lowest BCUT2D eigenvalue weighted by atomic mass is 10.1. The molecule has 0 fully saturated rings. The van der Waals surface area contributed by atoms with Crippen molar-refractivity contribution < 1.29 is 4.79 Å². The lowest BCUT2D eigenvalue weighted by Gasteiger charge is -2.27. The van der Waals surface area contributed by atoms with Gasteiger partial charge in [0.15, 0.2) is 11.0 Å². The Hall–Kier alpha value is -4.43. The van der Waals surface area contributed by atoms with Crippen molar-refractivity contribution in [1.29, 1.82) is 0 Å². The van der Waals surface area contributed by atoms with E-state index < -0.39 is 6.04 Å². The Morgan fingerprint density at radius 1 is 1.07 bits per heavy atom. The summed E-state index contributed by atoms with van der Waals surface area (Å²) in [5.74, 6) is 0.0179. The predicted molar refractivity (Wildman–Crippen MR) is 161 cm³/mol. The van der Waals surface area contributed by atoms with Crippen LogP contribution in [0.5, 0.6) is 0 Å². The minimum Gasteiger partial charge on any atom is -0.361 e. The van der Waals surface area contributed by atoms with Gasteiger partial charge in [-0.1, -0.05) is 71.3 Å². The van der Waals surface area contributed by atoms with Crippen molar-refractivity contribution in [2.75, 3.05) is 5.32 Å². The van der Waals surface area contributed by atoms with E-state index in [4.69, 9.17) is 11.6 Å². The van der Waals surface area contributed by atoms with Gasteiger partial charge in [0, 0.05) is 42.1 Å². The molecule has 208 valence electrons. The topological polar surface area (TPSA) is 95.9 Å². The fourth-order valence-corrected chi connectivity index (χ4v) is 6.03. The first-order valence-corrected chi connectivity index (χ1v) is 14.1. The number of nitrogens with one attached hydrogen (secondary N) is 2. The third kappa shape index (κ3) is 5.60. The molecule has 1 aliphatic heterocycles. The number of rotatable bonds is 8. The van der Waals surface area contributed by atoms with Gasteiger partial charge in [0.1, 0.15) is 6.04 Å². The monoisotopic (exact) mass is 566 g/mol. The van der Waals surface area contributed by atoms with E-state index in [-0.39, 0.29) is 22.4 Å². The van der Waals surface area contributed by atoms with Crippen LogP contribution in [0.25, 0.3) is 10.9 Å². The van der Waals surface area contributed by atoms with Gasteiger partial charge in [0.2, 0.25) is 5.91 Å². The first-order chi connectivity index (χ1) is 19.9. The fraction of sp³-hybridized carbons (Fsp3) is 0.250. The van der Waals surface area contributed by atoms with E-state index in [0.717, 1.165) is 38.9 Å². The summed E-state index contributed by atoms with van der Waals surface area (Å²) in [7, 11) is 0. The van der Waals surface area contributed by atoms with Crippen molar-refractivity contribution in [2.24, 2.45) is 0 Å².